The summed E-state index contributed by atoms with van der Waals surface area (Å²) in [6.45, 7) is 3.91. The molecule has 0 saturated carbocycles. The number of carbonyl (C=O) groups is 1. The molecule has 0 spiro atoms. The van der Waals surface area contributed by atoms with Gasteiger partial charge in [0.1, 0.15) is 0 Å². The Morgan fingerprint density at radius 1 is 1.71 bits per heavy atom. The smallest absolute Gasteiger partial charge is 0.237 e. The van der Waals surface area contributed by atoms with Crippen LogP contribution in [-0.2, 0) is 4.79 Å². The lowest BCUT2D eigenvalue weighted by Gasteiger charge is -2.38. The number of thiophene rings is 1. The Balaban J connectivity index is 2.20. The zero-order valence-electron chi connectivity index (χ0n) is 9.65. The fraction of sp³-hybridized carbons (Fsp3) is 0.545. The number of hydrogen-bond acceptors (Lipinski definition) is 4. The van der Waals surface area contributed by atoms with Gasteiger partial charge < -0.3 is 11.1 Å². The third-order valence-electron chi connectivity index (χ3n) is 3.09. The van der Waals surface area contributed by atoms with E-state index in [1.54, 1.807) is 0 Å². The summed E-state index contributed by atoms with van der Waals surface area (Å²) in [5.74, 6) is 0.0670. The SMILES string of the molecule is CC1C(=O)NCCN1C(CN)c1ccc(Cl)s1. The number of piperazine rings is 1. The molecule has 0 aromatic carbocycles. The molecule has 2 unspecified atom stereocenters. The lowest BCUT2D eigenvalue weighted by atomic mass is 10.1. The highest BCUT2D eigenvalue weighted by atomic mass is 35.5. The van der Waals surface area contributed by atoms with Crippen molar-refractivity contribution in [3.05, 3.63) is 21.3 Å². The highest BCUT2D eigenvalue weighted by Crippen LogP contribution is 2.31. The van der Waals surface area contributed by atoms with Crippen molar-refractivity contribution in [1.82, 2.24) is 10.2 Å². The Morgan fingerprint density at radius 2 is 2.47 bits per heavy atom. The molecule has 2 heterocycles. The zero-order chi connectivity index (χ0) is 12.4. The van der Waals surface area contributed by atoms with E-state index in [1.807, 2.05) is 19.1 Å². The summed E-state index contributed by atoms with van der Waals surface area (Å²) in [5, 5.41) is 2.85. The van der Waals surface area contributed by atoms with Gasteiger partial charge in [-0.25, -0.2) is 0 Å². The Bertz CT molecular complexity index is 409. The van der Waals surface area contributed by atoms with Gasteiger partial charge in [-0.05, 0) is 19.1 Å². The number of nitrogens with one attached hydrogen (secondary N) is 1. The minimum Gasteiger partial charge on any atom is -0.353 e. The van der Waals surface area contributed by atoms with Gasteiger partial charge in [0.05, 0.1) is 16.4 Å². The molecule has 94 valence electrons. The Labute approximate surface area is 110 Å². The lowest BCUT2D eigenvalue weighted by Crippen LogP contribution is -2.55. The largest absolute Gasteiger partial charge is 0.353 e. The van der Waals surface area contributed by atoms with Gasteiger partial charge in [-0.1, -0.05) is 11.6 Å². The number of amides is 1. The van der Waals surface area contributed by atoms with Gasteiger partial charge >= 0.3 is 0 Å². The summed E-state index contributed by atoms with van der Waals surface area (Å²) >= 11 is 7.47. The molecule has 4 nitrogen and oxygen atoms in total. The van der Waals surface area contributed by atoms with Gasteiger partial charge in [0.2, 0.25) is 5.91 Å². The first-order valence-electron chi connectivity index (χ1n) is 5.62. The van der Waals surface area contributed by atoms with Crippen molar-refractivity contribution in [1.29, 1.82) is 0 Å². The Morgan fingerprint density at radius 3 is 3.06 bits per heavy atom. The fourth-order valence-electron chi connectivity index (χ4n) is 2.15. The minimum absolute atomic E-state index is 0.0670. The second-order valence-electron chi connectivity index (χ2n) is 4.10. The quantitative estimate of drug-likeness (QED) is 0.871. The molecule has 1 fully saturated rings. The van der Waals surface area contributed by atoms with Crippen LogP contribution in [0.15, 0.2) is 12.1 Å². The summed E-state index contributed by atoms with van der Waals surface area (Å²) < 4.78 is 0.757. The standard InChI is InChI=1S/C11H16ClN3OS/c1-7-11(16)14-4-5-15(7)8(6-13)9-2-3-10(12)17-9/h2-3,7-8H,4-6,13H2,1H3,(H,14,16). The molecule has 1 saturated heterocycles. The highest BCUT2D eigenvalue weighted by molar-refractivity contribution is 7.16. The third-order valence-corrected chi connectivity index (χ3v) is 4.42. The van der Waals surface area contributed by atoms with Gasteiger partial charge in [-0.2, -0.15) is 0 Å². The monoisotopic (exact) mass is 273 g/mol. The molecule has 1 aromatic rings. The molecular formula is C11H16ClN3OS. The van der Waals surface area contributed by atoms with Crippen LogP contribution in [0.2, 0.25) is 4.34 Å². The minimum atomic E-state index is -0.141. The van der Waals surface area contributed by atoms with Crippen LogP contribution in [0.1, 0.15) is 17.8 Å². The van der Waals surface area contributed by atoms with Crippen molar-refractivity contribution in [2.24, 2.45) is 5.73 Å². The topological polar surface area (TPSA) is 58.4 Å². The van der Waals surface area contributed by atoms with Gasteiger partial charge in [-0.3, -0.25) is 9.69 Å². The van der Waals surface area contributed by atoms with E-state index < -0.39 is 0 Å². The molecule has 2 rings (SSSR count). The van der Waals surface area contributed by atoms with E-state index in [9.17, 15) is 4.79 Å². The van der Waals surface area contributed by atoms with E-state index in [-0.39, 0.29) is 18.0 Å². The van der Waals surface area contributed by atoms with Crippen molar-refractivity contribution >= 4 is 28.8 Å². The van der Waals surface area contributed by atoms with Crippen LogP contribution in [0.3, 0.4) is 0 Å². The van der Waals surface area contributed by atoms with E-state index in [0.29, 0.717) is 13.1 Å². The summed E-state index contributed by atoms with van der Waals surface area (Å²) in [6, 6.07) is 3.80. The van der Waals surface area contributed by atoms with E-state index >= 15 is 0 Å². The maximum atomic E-state index is 11.6. The van der Waals surface area contributed by atoms with E-state index in [2.05, 4.69) is 10.2 Å². The zero-order valence-corrected chi connectivity index (χ0v) is 11.2. The molecule has 1 aliphatic rings. The van der Waals surface area contributed by atoms with Gasteiger partial charge in [-0.15, -0.1) is 11.3 Å². The van der Waals surface area contributed by atoms with Crippen LogP contribution in [0.4, 0.5) is 0 Å². The molecule has 2 atom stereocenters. The van der Waals surface area contributed by atoms with Crippen LogP contribution < -0.4 is 11.1 Å². The van der Waals surface area contributed by atoms with E-state index in [4.69, 9.17) is 17.3 Å². The molecule has 6 heteroatoms. The van der Waals surface area contributed by atoms with Crippen molar-refractivity contribution in [3.63, 3.8) is 0 Å². The molecule has 1 aliphatic heterocycles. The first-order chi connectivity index (χ1) is 8.13. The average Bonchev–Trinajstić information content (AvgIpc) is 2.72. The molecule has 0 bridgehead atoms. The first kappa shape index (κ1) is 12.8. The Kier molecular flexibility index (Phi) is 4.04. The van der Waals surface area contributed by atoms with Crippen molar-refractivity contribution in [3.8, 4) is 0 Å². The maximum absolute atomic E-state index is 11.6. The van der Waals surface area contributed by atoms with Crippen molar-refractivity contribution < 1.29 is 4.79 Å². The van der Waals surface area contributed by atoms with Crippen LogP contribution >= 0.6 is 22.9 Å². The number of nitrogens with zero attached hydrogens (tertiary/aromatic N) is 1. The lowest BCUT2D eigenvalue weighted by molar-refractivity contribution is -0.129. The van der Waals surface area contributed by atoms with E-state index in [1.165, 1.54) is 11.3 Å². The molecule has 0 aliphatic carbocycles. The number of halogens is 1. The summed E-state index contributed by atoms with van der Waals surface area (Å²) in [6.07, 6.45) is 0. The van der Waals surface area contributed by atoms with Crippen molar-refractivity contribution in [2.45, 2.75) is 19.0 Å². The fourth-order valence-corrected chi connectivity index (χ4v) is 3.34. The van der Waals surface area contributed by atoms with E-state index in [0.717, 1.165) is 15.8 Å². The maximum Gasteiger partial charge on any atom is 0.237 e. The Hall–Kier alpha value is -0.620. The van der Waals surface area contributed by atoms with Crippen LogP contribution in [0.25, 0.3) is 0 Å². The van der Waals surface area contributed by atoms with Crippen molar-refractivity contribution in [2.75, 3.05) is 19.6 Å². The summed E-state index contributed by atoms with van der Waals surface area (Å²) in [4.78, 5) is 14.9. The van der Waals surface area contributed by atoms with Gasteiger partial charge in [0.15, 0.2) is 0 Å². The molecule has 0 radical (unpaired) electrons. The predicted molar refractivity (Wildman–Crippen MR) is 70.3 cm³/mol. The number of nitrogens with two attached hydrogens (primary N) is 1. The molecular weight excluding hydrogens is 258 g/mol. The molecule has 3 N–H and O–H groups in total. The number of carbonyl (C=O) groups excluding carboxylic acids is 1. The van der Waals surface area contributed by atoms with Gasteiger partial charge in [0.25, 0.3) is 0 Å². The van der Waals surface area contributed by atoms with Crippen LogP contribution in [0.5, 0.6) is 0 Å². The second-order valence-corrected chi connectivity index (χ2v) is 5.84. The predicted octanol–water partition coefficient (Wildman–Crippen LogP) is 1.22. The molecule has 1 aromatic heterocycles. The van der Waals surface area contributed by atoms with Crippen LogP contribution in [-0.4, -0.2) is 36.5 Å². The summed E-state index contributed by atoms with van der Waals surface area (Å²) in [5.41, 5.74) is 5.84. The first-order valence-corrected chi connectivity index (χ1v) is 6.81. The van der Waals surface area contributed by atoms with Gasteiger partial charge in [0, 0.05) is 24.5 Å². The third kappa shape index (κ3) is 2.63. The molecule has 1 amide bonds. The molecule has 17 heavy (non-hydrogen) atoms. The van der Waals surface area contributed by atoms with Crippen LogP contribution in [0, 0.1) is 0 Å². The normalized spacial score (nSPS) is 23.5. The summed E-state index contributed by atoms with van der Waals surface area (Å²) in [7, 11) is 0. The highest BCUT2D eigenvalue weighted by Gasteiger charge is 2.31. The average molecular weight is 274 g/mol. The second kappa shape index (κ2) is 5.35. The number of hydrogen-bond donors (Lipinski definition) is 2. The number of rotatable bonds is 3.